The van der Waals surface area contributed by atoms with Gasteiger partial charge >= 0.3 is 0 Å². The number of nitrogens with one attached hydrogen (secondary N) is 2. The molecule has 6 nitrogen and oxygen atoms in total. The van der Waals surface area contributed by atoms with E-state index in [0.29, 0.717) is 0 Å². The van der Waals surface area contributed by atoms with Crippen molar-refractivity contribution in [2.75, 3.05) is 5.32 Å². The molecule has 0 bridgehead atoms. The molecule has 9 aromatic rings. The second kappa shape index (κ2) is 11.3. The molecule has 0 aliphatic rings. The van der Waals surface area contributed by atoms with Crippen molar-refractivity contribution in [3.8, 4) is 28.2 Å². The van der Waals surface area contributed by atoms with Gasteiger partial charge in [-0.25, -0.2) is 4.68 Å². The van der Waals surface area contributed by atoms with Crippen LogP contribution in [0.3, 0.4) is 0 Å². The number of anilines is 1. The molecule has 6 heteroatoms. The molecule has 0 spiro atoms. The highest BCUT2D eigenvalue weighted by molar-refractivity contribution is 6.10. The average Bonchev–Trinajstić information content (AvgIpc) is 3.87. The Balaban J connectivity index is 1.37. The van der Waals surface area contributed by atoms with Crippen LogP contribution in [-0.4, -0.2) is 25.1 Å². The monoisotopic (exact) mass is 618 g/mol. The van der Waals surface area contributed by atoms with Crippen molar-refractivity contribution in [2.45, 2.75) is 0 Å². The smallest absolute Gasteiger partial charge is 0.0672 e. The molecular formula is C42H30N6. The lowest BCUT2D eigenvalue weighted by Gasteiger charge is -2.17. The summed E-state index contributed by atoms with van der Waals surface area (Å²) in [6.07, 6.45) is 8.45. The number of allylic oxidation sites excluding steroid dienone is 1. The zero-order valence-corrected chi connectivity index (χ0v) is 26.0. The second-order valence-corrected chi connectivity index (χ2v) is 11.9. The third kappa shape index (κ3) is 4.50. The molecule has 0 aliphatic carbocycles. The molecule has 0 radical (unpaired) electrons. The SMILES string of the molecule is N=CC=CNc1cc(-c2cc(-n3c4ccccc4c4ccccc43)cc(-n3c4ccccc4c4ccccc43)c2)cc(-n2cccn2)c1. The van der Waals surface area contributed by atoms with Crippen LogP contribution in [0.1, 0.15) is 0 Å². The van der Waals surface area contributed by atoms with E-state index < -0.39 is 0 Å². The highest BCUT2D eigenvalue weighted by atomic mass is 15.3. The Hall–Kier alpha value is -6.66. The topological polar surface area (TPSA) is 63.6 Å². The first kappa shape index (κ1) is 27.6. The standard InChI is InChI=1S/C42H30N6/c43-19-9-20-44-31-23-29(24-32(27-31)46-22-10-21-45-46)30-25-33(47-39-15-5-1-11-35(39)36-12-2-6-16-40(36)47)28-34(26-30)48-41-17-7-3-13-37(41)38-14-4-8-18-42(38)48/h1-28,43-44H. The van der Waals surface area contributed by atoms with E-state index in [1.807, 2.05) is 16.9 Å². The molecule has 0 saturated heterocycles. The van der Waals surface area contributed by atoms with E-state index in [9.17, 15) is 0 Å². The van der Waals surface area contributed by atoms with Crippen molar-refractivity contribution in [3.05, 3.63) is 164 Å². The molecule has 0 saturated carbocycles. The van der Waals surface area contributed by atoms with E-state index in [1.165, 1.54) is 27.8 Å². The molecule has 3 heterocycles. The quantitative estimate of drug-likeness (QED) is 0.175. The number of hydrogen-bond acceptors (Lipinski definition) is 3. The Labute approximate surface area is 276 Å². The lowest BCUT2D eigenvalue weighted by molar-refractivity contribution is 0.881. The third-order valence-electron chi connectivity index (χ3n) is 9.04. The van der Waals surface area contributed by atoms with Gasteiger partial charge in [-0.2, -0.15) is 5.10 Å². The van der Waals surface area contributed by atoms with Gasteiger partial charge in [-0.15, -0.1) is 0 Å². The molecule has 0 fully saturated rings. The van der Waals surface area contributed by atoms with Gasteiger partial charge in [0.05, 0.1) is 27.8 Å². The summed E-state index contributed by atoms with van der Waals surface area (Å²) in [6.45, 7) is 0. The Morgan fingerprint density at radius 2 is 1.00 bits per heavy atom. The van der Waals surface area contributed by atoms with Crippen LogP contribution in [0.5, 0.6) is 0 Å². The highest BCUT2D eigenvalue weighted by Gasteiger charge is 2.17. The third-order valence-corrected chi connectivity index (χ3v) is 9.04. The van der Waals surface area contributed by atoms with Gasteiger partial charge in [-0.3, -0.25) is 0 Å². The maximum atomic E-state index is 7.44. The normalized spacial score (nSPS) is 11.8. The van der Waals surface area contributed by atoms with Gasteiger partial charge in [0, 0.05) is 63.4 Å². The lowest BCUT2D eigenvalue weighted by atomic mass is 10.0. The van der Waals surface area contributed by atoms with Gasteiger partial charge in [-0.1, -0.05) is 72.8 Å². The molecule has 3 aromatic heterocycles. The number of nitrogens with zero attached hydrogens (tertiary/aromatic N) is 4. The predicted molar refractivity (Wildman–Crippen MR) is 199 cm³/mol. The van der Waals surface area contributed by atoms with Crippen molar-refractivity contribution in [3.63, 3.8) is 0 Å². The van der Waals surface area contributed by atoms with Crippen LogP contribution in [0.4, 0.5) is 5.69 Å². The minimum atomic E-state index is 0.900. The number of para-hydroxylation sites is 4. The minimum Gasteiger partial charge on any atom is -0.362 e. The van der Waals surface area contributed by atoms with E-state index in [1.54, 1.807) is 18.5 Å². The predicted octanol–water partition coefficient (Wildman–Crippen LogP) is 10.3. The van der Waals surface area contributed by atoms with E-state index in [4.69, 9.17) is 5.41 Å². The largest absolute Gasteiger partial charge is 0.362 e. The van der Waals surface area contributed by atoms with Crippen molar-refractivity contribution in [1.29, 1.82) is 5.41 Å². The Morgan fingerprint density at radius 1 is 0.521 bits per heavy atom. The summed E-state index contributed by atoms with van der Waals surface area (Å²) in [5.74, 6) is 0. The number of hydrogen-bond donors (Lipinski definition) is 2. The summed E-state index contributed by atoms with van der Waals surface area (Å²) in [6, 6.07) is 49.8. The lowest BCUT2D eigenvalue weighted by Crippen LogP contribution is -2.01. The van der Waals surface area contributed by atoms with Crippen LogP contribution in [0.25, 0.3) is 71.8 Å². The first-order valence-corrected chi connectivity index (χ1v) is 16.0. The van der Waals surface area contributed by atoms with Gasteiger partial charge in [0.1, 0.15) is 0 Å². The van der Waals surface area contributed by atoms with Gasteiger partial charge in [0.25, 0.3) is 0 Å². The number of benzene rings is 6. The summed E-state index contributed by atoms with van der Waals surface area (Å²) in [4.78, 5) is 0. The minimum absolute atomic E-state index is 0.900. The van der Waals surface area contributed by atoms with Crippen LogP contribution >= 0.6 is 0 Å². The number of rotatable bonds is 7. The molecule has 2 N–H and O–H groups in total. The maximum Gasteiger partial charge on any atom is 0.0672 e. The summed E-state index contributed by atoms with van der Waals surface area (Å²) < 4.78 is 6.64. The van der Waals surface area contributed by atoms with E-state index >= 15 is 0 Å². The first-order valence-electron chi connectivity index (χ1n) is 16.0. The van der Waals surface area contributed by atoms with E-state index in [2.05, 4.69) is 153 Å². The molecule has 228 valence electrons. The molecule has 0 atom stereocenters. The van der Waals surface area contributed by atoms with Crippen LogP contribution in [0.15, 0.2) is 164 Å². The van der Waals surface area contributed by atoms with Crippen LogP contribution in [-0.2, 0) is 0 Å². The zero-order valence-electron chi connectivity index (χ0n) is 26.0. The molecule has 0 amide bonds. The van der Waals surface area contributed by atoms with Crippen molar-refractivity contribution >= 4 is 55.5 Å². The van der Waals surface area contributed by atoms with Crippen molar-refractivity contribution < 1.29 is 0 Å². The molecule has 9 rings (SSSR count). The Kier molecular flexibility index (Phi) is 6.50. The fourth-order valence-corrected chi connectivity index (χ4v) is 7.03. The maximum absolute atomic E-state index is 7.44. The zero-order chi connectivity index (χ0) is 32.0. The first-order chi connectivity index (χ1) is 23.8. The summed E-state index contributed by atoms with van der Waals surface area (Å²) in [5.41, 5.74) is 10.7. The van der Waals surface area contributed by atoms with Gasteiger partial charge < -0.3 is 19.9 Å². The van der Waals surface area contributed by atoms with Crippen molar-refractivity contribution in [2.24, 2.45) is 0 Å². The van der Waals surface area contributed by atoms with Gasteiger partial charge in [0.15, 0.2) is 0 Å². The van der Waals surface area contributed by atoms with Crippen LogP contribution in [0, 0.1) is 5.41 Å². The van der Waals surface area contributed by atoms with E-state index in [0.717, 1.165) is 55.9 Å². The van der Waals surface area contributed by atoms with Gasteiger partial charge in [-0.05, 0) is 83.9 Å². The summed E-state index contributed by atoms with van der Waals surface area (Å²) in [5, 5.41) is 20.2. The van der Waals surface area contributed by atoms with Crippen molar-refractivity contribution in [1.82, 2.24) is 18.9 Å². The highest BCUT2D eigenvalue weighted by Crippen LogP contribution is 2.38. The number of fused-ring (bicyclic) bond motifs is 6. The molecular weight excluding hydrogens is 589 g/mol. The Bertz CT molecular complexity index is 2430. The fraction of sp³-hybridized carbons (Fsp3) is 0. The van der Waals surface area contributed by atoms with E-state index in [-0.39, 0.29) is 0 Å². The molecule has 0 unspecified atom stereocenters. The number of aromatic nitrogens is 4. The molecule has 48 heavy (non-hydrogen) atoms. The second-order valence-electron chi connectivity index (χ2n) is 11.9. The van der Waals surface area contributed by atoms with Crippen LogP contribution < -0.4 is 5.32 Å². The average molecular weight is 619 g/mol. The Morgan fingerprint density at radius 3 is 1.48 bits per heavy atom. The molecule has 0 aliphatic heterocycles. The molecule has 6 aromatic carbocycles. The summed E-state index contributed by atoms with van der Waals surface area (Å²) in [7, 11) is 0. The van der Waals surface area contributed by atoms with Gasteiger partial charge in [0.2, 0.25) is 0 Å². The summed E-state index contributed by atoms with van der Waals surface area (Å²) >= 11 is 0. The fourth-order valence-electron chi connectivity index (χ4n) is 7.03. The van der Waals surface area contributed by atoms with Crippen LogP contribution in [0.2, 0.25) is 0 Å².